The molecule has 0 radical (unpaired) electrons. The van der Waals surface area contributed by atoms with Crippen LogP contribution in [0.5, 0.6) is 0 Å². The number of esters is 1. The average molecular weight is 559 g/mol. The summed E-state index contributed by atoms with van der Waals surface area (Å²) in [6.07, 6.45) is -3.94. The molecule has 39 heavy (non-hydrogen) atoms. The number of hydrogen-bond acceptors (Lipinski definition) is 11. The monoisotopic (exact) mass is 558 g/mol. The van der Waals surface area contributed by atoms with E-state index in [0.717, 1.165) is 19.3 Å². The number of aliphatic hydroxyl groups excluding tert-OH is 6. The van der Waals surface area contributed by atoms with Gasteiger partial charge in [-0.2, -0.15) is 0 Å². The predicted octanol–water partition coefficient (Wildman–Crippen LogP) is -0.548. The summed E-state index contributed by atoms with van der Waals surface area (Å²) in [5.41, 5.74) is -2.98. The Morgan fingerprint density at radius 2 is 1.67 bits per heavy atom. The van der Waals surface area contributed by atoms with Crippen molar-refractivity contribution in [1.82, 2.24) is 0 Å². The molecule has 14 atom stereocenters. The summed E-state index contributed by atoms with van der Waals surface area (Å²) < 4.78 is 17.3. The summed E-state index contributed by atoms with van der Waals surface area (Å²) >= 11 is 0. The van der Waals surface area contributed by atoms with Crippen LogP contribution in [0.15, 0.2) is 0 Å². The zero-order valence-corrected chi connectivity index (χ0v) is 23.1. The molecule has 1 aliphatic heterocycles. The van der Waals surface area contributed by atoms with Crippen LogP contribution in [0.3, 0.4) is 0 Å². The van der Waals surface area contributed by atoms with Crippen molar-refractivity contribution in [3.05, 3.63) is 0 Å². The number of aliphatic hydroxyl groups is 7. The van der Waals surface area contributed by atoms with Gasteiger partial charge < -0.3 is 50.0 Å². The van der Waals surface area contributed by atoms with Crippen LogP contribution >= 0.6 is 0 Å². The van der Waals surface area contributed by atoms with Crippen LogP contribution in [-0.2, 0) is 19.0 Å². The lowest BCUT2D eigenvalue weighted by Crippen LogP contribution is -2.64. The lowest BCUT2D eigenvalue weighted by atomic mass is 9.40. The topological polar surface area (TPSA) is 186 Å². The molecule has 4 aliphatic carbocycles. The first kappa shape index (κ1) is 29.6. The zero-order chi connectivity index (χ0) is 28.5. The molecule has 224 valence electrons. The highest BCUT2D eigenvalue weighted by molar-refractivity contribution is 5.66. The molecule has 14 unspecified atom stereocenters. The molecular formula is C28H46O11. The number of rotatable bonds is 6. The van der Waals surface area contributed by atoms with E-state index in [1.165, 1.54) is 6.92 Å². The van der Waals surface area contributed by atoms with Gasteiger partial charge in [0, 0.05) is 17.8 Å². The number of fused-ring (bicyclic) bond motifs is 3. The molecule has 1 saturated heterocycles. The molecule has 0 amide bonds. The third-order valence-corrected chi connectivity index (χ3v) is 11.8. The molecule has 1 heterocycles. The van der Waals surface area contributed by atoms with E-state index in [2.05, 4.69) is 6.92 Å². The molecule has 11 nitrogen and oxygen atoms in total. The SMILES string of the molecule is CC(=O)OC1C(O)(COC2OC(CO)C(O)C(O)C2O)C2CCC3C4(C)CCC(O)C(C)(CO)C4CCC31C2. The fraction of sp³-hybridized carbons (Fsp3) is 0.964. The summed E-state index contributed by atoms with van der Waals surface area (Å²) in [5, 5.41) is 73.8. The molecule has 0 aromatic rings. The Kier molecular flexibility index (Phi) is 7.69. The van der Waals surface area contributed by atoms with E-state index < -0.39 is 71.9 Å². The highest BCUT2D eigenvalue weighted by atomic mass is 16.7. The van der Waals surface area contributed by atoms with Crippen molar-refractivity contribution in [2.24, 2.45) is 34.0 Å². The largest absolute Gasteiger partial charge is 0.459 e. The van der Waals surface area contributed by atoms with Crippen LogP contribution in [0, 0.1) is 34.0 Å². The van der Waals surface area contributed by atoms with Gasteiger partial charge in [-0.15, -0.1) is 0 Å². The van der Waals surface area contributed by atoms with Crippen LogP contribution in [-0.4, -0.2) is 110 Å². The number of carbonyl (C=O) groups is 1. The van der Waals surface area contributed by atoms with E-state index in [4.69, 9.17) is 14.2 Å². The second-order valence-corrected chi connectivity index (χ2v) is 13.6. The fourth-order valence-electron chi connectivity index (χ4n) is 9.82. The molecule has 1 spiro atoms. The summed E-state index contributed by atoms with van der Waals surface area (Å²) in [5.74, 6) is -0.605. The van der Waals surface area contributed by atoms with Gasteiger partial charge >= 0.3 is 5.97 Å². The van der Waals surface area contributed by atoms with Gasteiger partial charge in [0.15, 0.2) is 6.29 Å². The van der Waals surface area contributed by atoms with Crippen LogP contribution in [0.4, 0.5) is 0 Å². The highest BCUT2D eigenvalue weighted by Gasteiger charge is 2.74. The Bertz CT molecular complexity index is 931. The smallest absolute Gasteiger partial charge is 0.303 e. The van der Waals surface area contributed by atoms with Gasteiger partial charge in [0.05, 0.1) is 25.9 Å². The Morgan fingerprint density at radius 1 is 0.949 bits per heavy atom. The van der Waals surface area contributed by atoms with Crippen molar-refractivity contribution >= 4 is 5.97 Å². The summed E-state index contributed by atoms with van der Waals surface area (Å²) in [6.45, 7) is 4.48. The molecule has 5 rings (SSSR count). The lowest BCUT2D eigenvalue weighted by molar-refractivity contribution is -0.313. The van der Waals surface area contributed by atoms with E-state index >= 15 is 0 Å². The molecule has 11 heteroatoms. The maximum atomic E-state index is 12.4. The van der Waals surface area contributed by atoms with Gasteiger partial charge in [0.1, 0.15) is 36.1 Å². The van der Waals surface area contributed by atoms with E-state index in [9.17, 15) is 40.5 Å². The first-order valence-corrected chi connectivity index (χ1v) is 14.4. The Hall–Kier alpha value is -0.890. The van der Waals surface area contributed by atoms with Crippen molar-refractivity contribution in [1.29, 1.82) is 0 Å². The highest BCUT2D eigenvalue weighted by Crippen LogP contribution is 2.73. The average Bonchev–Trinajstić information content (AvgIpc) is 3.07. The maximum absolute atomic E-state index is 12.4. The summed E-state index contributed by atoms with van der Waals surface area (Å²) in [4.78, 5) is 12.4. The minimum atomic E-state index is -1.61. The van der Waals surface area contributed by atoms with Gasteiger partial charge in [0.2, 0.25) is 0 Å². The number of ether oxygens (including phenoxy) is 3. The zero-order valence-electron chi connectivity index (χ0n) is 23.1. The van der Waals surface area contributed by atoms with Crippen molar-refractivity contribution < 1.29 is 54.8 Å². The Balaban J connectivity index is 1.45. The van der Waals surface area contributed by atoms with E-state index in [-0.39, 0.29) is 36.4 Å². The molecule has 7 N–H and O–H groups in total. The molecule has 0 aromatic heterocycles. The van der Waals surface area contributed by atoms with Gasteiger partial charge in [-0.1, -0.05) is 13.8 Å². The van der Waals surface area contributed by atoms with Crippen molar-refractivity contribution in [3.8, 4) is 0 Å². The Morgan fingerprint density at radius 3 is 2.31 bits per heavy atom. The second kappa shape index (κ2) is 10.1. The van der Waals surface area contributed by atoms with Crippen molar-refractivity contribution in [3.63, 3.8) is 0 Å². The van der Waals surface area contributed by atoms with Gasteiger partial charge in [-0.3, -0.25) is 4.79 Å². The van der Waals surface area contributed by atoms with Gasteiger partial charge in [0.25, 0.3) is 0 Å². The normalized spacial score (nSPS) is 55.0. The van der Waals surface area contributed by atoms with E-state index in [1.54, 1.807) is 0 Å². The quantitative estimate of drug-likeness (QED) is 0.207. The second-order valence-electron chi connectivity index (χ2n) is 13.6. The standard InChI is InChI=1S/C28H46O11/c1-14(31)38-24-27-9-6-17-25(2,8-7-19(32)26(17,3)12-30)18(27)5-4-15(10-27)28(24,36)13-37-23-22(35)21(34)20(33)16(11-29)39-23/h15-24,29-30,32-36H,4-13H2,1-3H3. The van der Waals surface area contributed by atoms with Crippen molar-refractivity contribution in [2.45, 2.75) is 114 Å². The molecule has 5 aliphatic rings. The fourth-order valence-corrected chi connectivity index (χ4v) is 9.82. The minimum Gasteiger partial charge on any atom is -0.459 e. The molecule has 2 bridgehead atoms. The van der Waals surface area contributed by atoms with Gasteiger partial charge in [-0.05, 0) is 68.1 Å². The van der Waals surface area contributed by atoms with Crippen LogP contribution < -0.4 is 0 Å². The van der Waals surface area contributed by atoms with E-state index in [1.807, 2.05) is 6.92 Å². The number of hydrogen-bond donors (Lipinski definition) is 7. The van der Waals surface area contributed by atoms with Gasteiger partial charge in [-0.25, -0.2) is 0 Å². The lowest BCUT2D eigenvalue weighted by Gasteiger charge is -2.65. The van der Waals surface area contributed by atoms with Crippen LogP contribution in [0.2, 0.25) is 0 Å². The third-order valence-electron chi connectivity index (χ3n) is 11.8. The Labute approximate surface area is 229 Å². The first-order chi connectivity index (χ1) is 18.3. The number of carbonyl (C=O) groups excluding carboxylic acids is 1. The predicted molar refractivity (Wildman–Crippen MR) is 135 cm³/mol. The molecule has 0 aromatic carbocycles. The maximum Gasteiger partial charge on any atom is 0.303 e. The summed E-state index contributed by atoms with van der Waals surface area (Å²) in [7, 11) is 0. The first-order valence-electron chi connectivity index (χ1n) is 14.4. The molecule has 5 fully saturated rings. The minimum absolute atomic E-state index is 0.0722. The van der Waals surface area contributed by atoms with Crippen LogP contribution in [0.25, 0.3) is 0 Å². The third kappa shape index (κ3) is 4.22. The van der Waals surface area contributed by atoms with E-state index in [0.29, 0.717) is 25.7 Å². The molecular weight excluding hydrogens is 512 g/mol. The molecule has 4 saturated carbocycles. The van der Waals surface area contributed by atoms with Crippen molar-refractivity contribution in [2.75, 3.05) is 19.8 Å². The van der Waals surface area contributed by atoms with Crippen LogP contribution in [0.1, 0.15) is 65.7 Å². The summed E-state index contributed by atoms with van der Waals surface area (Å²) in [6, 6.07) is 0.